The third-order valence-electron chi connectivity index (χ3n) is 4.43. The van der Waals surface area contributed by atoms with Crippen molar-refractivity contribution in [3.63, 3.8) is 0 Å². The van der Waals surface area contributed by atoms with Crippen LogP contribution in [0.5, 0.6) is 11.5 Å². The average molecular weight is 395 g/mol. The Bertz CT molecular complexity index is 1110. The Morgan fingerprint density at radius 1 is 1.00 bits per heavy atom. The first-order valence-electron chi connectivity index (χ1n) is 8.62. The van der Waals surface area contributed by atoms with Crippen molar-refractivity contribution in [1.82, 2.24) is 9.97 Å². The van der Waals surface area contributed by atoms with Crippen LogP contribution in [0.25, 0.3) is 21.3 Å². The molecule has 142 valence electrons. The minimum atomic E-state index is -0.258. The second-order valence-electron chi connectivity index (χ2n) is 6.10. The third-order valence-corrected chi connectivity index (χ3v) is 5.32. The second-order valence-corrected chi connectivity index (χ2v) is 6.96. The highest BCUT2D eigenvalue weighted by atomic mass is 32.1. The molecule has 1 N–H and O–H groups in total. The number of halogens is 1. The van der Waals surface area contributed by atoms with Gasteiger partial charge in [-0.2, -0.15) is 0 Å². The van der Waals surface area contributed by atoms with Gasteiger partial charge < -0.3 is 14.8 Å². The zero-order chi connectivity index (χ0) is 19.5. The predicted octanol–water partition coefficient (Wildman–Crippen LogP) is 5.13. The summed E-state index contributed by atoms with van der Waals surface area (Å²) in [4.78, 5) is 9.67. The van der Waals surface area contributed by atoms with E-state index in [1.165, 1.54) is 23.5 Å². The van der Waals surface area contributed by atoms with Crippen LogP contribution in [0.3, 0.4) is 0 Å². The summed E-state index contributed by atoms with van der Waals surface area (Å²) in [6.07, 6.45) is 1.55. The molecule has 0 unspecified atom stereocenters. The number of thiophene rings is 1. The van der Waals surface area contributed by atoms with Crippen LogP contribution in [0.15, 0.2) is 54.2 Å². The Morgan fingerprint density at radius 3 is 2.54 bits per heavy atom. The number of nitrogens with one attached hydrogen (secondary N) is 1. The summed E-state index contributed by atoms with van der Waals surface area (Å²) in [6, 6.07) is 12.2. The summed E-state index contributed by atoms with van der Waals surface area (Å²) in [5, 5.41) is 6.34. The molecule has 5 nitrogen and oxygen atoms in total. The normalized spacial score (nSPS) is 10.8. The SMILES string of the molecule is COc1ccc(CNc2ncnc3scc(-c4ccc(F)cc4)c23)cc1OC. The molecule has 7 heteroatoms. The summed E-state index contributed by atoms with van der Waals surface area (Å²) in [5.74, 6) is 1.84. The Morgan fingerprint density at radius 2 is 1.79 bits per heavy atom. The van der Waals surface area contributed by atoms with Crippen molar-refractivity contribution in [2.24, 2.45) is 0 Å². The predicted molar refractivity (Wildman–Crippen MR) is 110 cm³/mol. The van der Waals surface area contributed by atoms with Crippen LogP contribution in [-0.2, 0) is 6.54 Å². The van der Waals surface area contributed by atoms with Crippen LogP contribution in [0.1, 0.15) is 5.56 Å². The highest BCUT2D eigenvalue weighted by molar-refractivity contribution is 7.17. The second kappa shape index (κ2) is 7.82. The molecule has 2 heterocycles. The molecule has 0 amide bonds. The van der Waals surface area contributed by atoms with Gasteiger partial charge in [0.25, 0.3) is 0 Å². The number of hydrogen-bond donors (Lipinski definition) is 1. The van der Waals surface area contributed by atoms with E-state index in [-0.39, 0.29) is 5.82 Å². The van der Waals surface area contributed by atoms with Crippen LogP contribution in [0.2, 0.25) is 0 Å². The number of rotatable bonds is 6. The van der Waals surface area contributed by atoms with Gasteiger partial charge in [-0.1, -0.05) is 18.2 Å². The molecule has 0 atom stereocenters. The van der Waals surface area contributed by atoms with Crippen LogP contribution < -0.4 is 14.8 Å². The molecule has 0 aliphatic carbocycles. The standard InChI is InChI=1S/C21H18FN3O2S/c1-26-17-8-3-13(9-18(17)27-2)10-23-20-19-16(11-28-21(19)25-12-24-20)14-4-6-15(22)7-5-14/h3-9,11-12H,10H2,1-2H3,(H,23,24,25). The lowest BCUT2D eigenvalue weighted by atomic mass is 10.1. The molecule has 4 rings (SSSR count). The van der Waals surface area contributed by atoms with Crippen molar-refractivity contribution >= 4 is 27.4 Å². The van der Waals surface area contributed by atoms with E-state index in [2.05, 4.69) is 15.3 Å². The Labute approximate surface area is 165 Å². The number of fused-ring (bicyclic) bond motifs is 1. The van der Waals surface area contributed by atoms with Gasteiger partial charge in [0.2, 0.25) is 0 Å². The van der Waals surface area contributed by atoms with E-state index in [0.717, 1.165) is 32.7 Å². The molecule has 0 bridgehead atoms. The lowest BCUT2D eigenvalue weighted by molar-refractivity contribution is 0.354. The zero-order valence-electron chi connectivity index (χ0n) is 15.4. The monoisotopic (exact) mass is 395 g/mol. The van der Waals surface area contributed by atoms with Crippen molar-refractivity contribution in [1.29, 1.82) is 0 Å². The van der Waals surface area contributed by atoms with E-state index in [1.807, 2.05) is 23.6 Å². The average Bonchev–Trinajstić information content (AvgIpc) is 3.17. The molecular formula is C21H18FN3O2S. The number of hydrogen-bond acceptors (Lipinski definition) is 6. The fraction of sp³-hybridized carbons (Fsp3) is 0.143. The topological polar surface area (TPSA) is 56.3 Å². The fourth-order valence-electron chi connectivity index (χ4n) is 3.03. The van der Waals surface area contributed by atoms with E-state index in [4.69, 9.17) is 9.47 Å². The minimum absolute atomic E-state index is 0.258. The minimum Gasteiger partial charge on any atom is -0.493 e. The molecular weight excluding hydrogens is 377 g/mol. The number of anilines is 1. The highest BCUT2D eigenvalue weighted by Crippen LogP contribution is 2.36. The molecule has 0 aliphatic rings. The first-order valence-corrected chi connectivity index (χ1v) is 9.50. The molecule has 0 spiro atoms. The van der Waals surface area contributed by atoms with Gasteiger partial charge in [-0.3, -0.25) is 0 Å². The molecule has 0 radical (unpaired) electrons. The number of nitrogens with zero attached hydrogens (tertiary/aromatic N) is 2. The first kappa shape index (κ1) is 18.2. The van der Waals surface area contributed by atoms with Crippen LogP contribution in [-0.4, -0.2) is 24.2 Å². The molecule has 0 aliphatic heterocycles. The van der Waals surface area contributed by atoms with Crippen LogP contribution in [0.4, 0.5) is 10.2 Å². The van der Waals surface area contributed by atoms with Gasteiger partial charge in [0.1, 0.15) is 22.8 Å². The Hall–Kier alpha value is -3.19. The maximum absolute atomic E-state index is 13.3. The molecule has 0 fully saturated rings. The molecule has 4 aromatic rings. The summed E-state index contributed by atoms with van der Waals surface area (Å²) >= 11 is 1.54. The number of aromatic nitrogens is 2. The van der Waals surface area contributed by atoms with Crippen molar-refractivity contribution in [3.05, 3.63) is 65.6 Å². The lowest BCUT2D eigenvalue weighted by Gasteiger charge is -2.11. The maximum atomic E-state index is 13.3. The lowest BCUT2D eigenvalue weighted by Crippen LogP contribution is -2.03. The summed E-state index contributed by atoms with van der Waals surface area (Å²) in [5.41, 5.74) is 2.94. The van der Waals surface area contributed by atoms with Gasteiger partial charge in [0.05, 0.1) is 19.6 Å². The molecule has 0 saturated carbocycles. The fourth-order valence-corrected chi connectivity index (χ4v) is 3.94. The van der Waals surface area contributed by atoms with E-state index >= 15 is 0 Å². The van der Waals surface area contributed by atoms with Crippen molar-refractivity contribution in [2.45, 2.75) is 6.54 Å². The molecule has 2 aromatic heterocycles. The zero-order valence-corrected chi connectivity index (χ0v) is 16.2. The molecule has 2 aromatic carbocycles. The van der Waals surface area contributed by atoms with Gasteiger partial charge in [-0.05, 0) is 35.4 Å². The van der Waals surface area contributed by atoms with Gasteiger partial charge in [-0.15, -0.1) is 11.3 Å². The largest absolute Gasteiger partial charge is 0.493 e. The van der Waals surface area contributed by atoms with Crippen LogP contribution in [0, 0.1) is 5.82 Å². The van der Waals surface area contributed by atoms with Crippen LogP contribution >= 0.6 is 11.3 Å². The number of methoxy groups -OCH3 is 2. The molecule has 28 heavy (non-hydrogen) atoms. The Kier molecular flexibility index (Phi) is 5.08. The van der Waals surface area contributed by atoms with Gasteiger partial charge in [0, 0.05) is 17.5 Å². The summed E-state index contributed by atoms with van der Waals surface area (Å²) < 4.78 is 23.9. The van der Waals surface area contributed by atoms with Crippen molar-refractivity contribution in [3.8, 4) is 22.6 Å². The number of benzene rings is 2. The van der Waals surface area contributed by atoms with Crippen molar-refractivity contribution < 1.29 is 13.9 Å². The van der Waals surface area contributed by atoms with E-state index in [0.29, 0.717) is 18.0 Å². The van der Waals surface area contributed by atoms with Gasteiger partial charge in [0.15, 0.2) is 11.5 Å². The highest BCUT2D eigenvalue weighted by Gasteiger charge is 2.13. The number of ether oxygens (including phenoxy) is 2. The van der Waals surface area contributed by atoms with Gasteiger partial charge >= 0.3 is 0 Å². The first-order chi connectivity index (χ1) is 13.7. The van der Waals surface area contributed by atoms with Gasteiger partial charge in [-0.25, -0.2) is 14.4 Å². The van der Waals surface area contributed by atoms with Crippen molar-refractivity contribution in [2.75, 3.05) is 19.5 Å². The maximum Gasteiger partial charge on any atom is 0.161 e. The van der Waals surface area contributed by atoms with E-state index in [9.17, 15) is 4.39 Å². The summed E-state index contributed by atoms with van der Waals surface area (Å²) in [6.45, 7) is 0.561. The van der Waals surface area contributed by atoms with E-state index in [1.54, 1.807) is 32.7 Å². The smallest absolute Gasteiger partial charge is 0.161 e. The summed E-state index contributed by atoms with van der Waals surface area (Å²) in [7, 11) is 3.23. The quantitative estimate of drug-likeness (QED) is 0.491. The Balaban J connectivity index is 1.66. The van der Waals surface area contributed by atoms with E-state index < -0.39 is 0 Å². The third kappa shape index (κ3) is 3.48. The molecule has 0 saturated heterocycles.